The van der Waals surface area contributed by atoms with E-state index in [4.69, 9.17) is 48.1 Å². The normalized spacial score (nSPS) is 13.5. The number of hydrogen-bond acceptors (Lipinski definition) is 29. The Morgan fingerprint density at radius 3 is 1.02 bits per heavy atom. The van der Waals surface area contributed by atoms with Gasteiger partial charge in [0.05, 0.1) is 130 Å². The second-order valence-electron chi connectivity index (χ2n) is 28.2. The quantitative estimate of drug-likeness (QED) is 0.0103. The summed E-state index contributed by atoms with van der Waals surface area (Å²) in [6.45, 7) is 8.33. The zero-order valence-electron chi connectivity index (χ0n) is 72.8. The molecule has 2 aromatic rings. The lowest BCUT2D eigenvalue weighted by atomic mass is 10.0. The van der Waals surface area contributed by atoms with Crippen LogP contribution in [-0.2, 0) is 115 Å². The minimum Gasteiger partial charge on any atom is -0.503 e. The summed E-state index contributed by atoms with van der Waals surface area (Å²) in [5, 5.41) is 27.7. The first kappa shape index (κ1) is 116. The summed E-state index contributed by atoms with van der Waals surface area (Å²) in [5.41, 5.74) is 0. The van der Waals surface area contributed by atoms with Crippen molar-refractivity contribution in [1.29, 1.82) is 0 Å². The summed E-state index contributed by atoms with van der Waals surface area (Å²) in [6, 6.07) is 0.982. The van der Waals surface area contributed by atoms with E-state index in [9.17, 15) is 112 Å². The third-order valence-electron chi connectivity index (χ3n) is 17.9. The van der Waals surface area contributed by atoms with Crippen LogP contribution >= 0.6 is 12.4 Å². The van der Waals surface area contributed by atoms with Gasteiger partial charge >= 0.3 is 11.9 Å². The Hall–Kier alpha value is -11.3. The number of unbranched alkanes of at least 4 members (excludes halogenated alkanes) is 2. The van der Waals surface area contributed by atoms with Crippen LogP contribution in [0.3, 0.4) is 0 Å². The monoisotopic (exact) mass is 1890 g/mol. The molecule has 12 amide bonds. The number of benzene rings is 2. The lowest BCUT2D eigenvalue weighted by Gasteiger charge is -2.19. The number of carboxylic acids is 1. The minimum absolute atomic E-state index is 0. The summed E-state index contributed by atoms with van der Waals surface area (Å²) in [5.74, 6) is -25.2. The molecule has 0 aliphatic carbocycles. The van der Waals surface area contributed by atoms with Crippen molar-refractivity contribution in [1.82, 2.24) is 45.8 Å². The van der Waals surface area contributed by atoms with Crippen LogP contribution in [0.4, 0.5) is 35.1 Å². The molecule has 4 aliphatic heterocycles. The van der Waals surface area contributed by atoms with Gasteiger partial charge < -0.3 is 79.0 Å². The highest BCUT2D eigenvalue weighted by Crippen LogP contribution is 2.28. The Labute approximate surface area is 755 Å². The number of halogens is 9. The summed E-state index contributed by atoms with van der Waals surface area (Å²) in [4.78, 5) is 205. The molecule has 728 valence electrons. The van der Waals surface area contributed by atoms with Gasteiger partial charge in [0.2, 0.25) is 52.6 Å². The lowest BCUT2D eigenvalue weighted by Crippen LogP contribution is -2.42. The van der Waals surface area contributed by atoms with Crippen molar-refractivity contribution in [2.75, 3.05) is 179 Å². The Morgan fingerprint density at radius 2 is 0.702 bits per heavy atom. The van der Waals surface area contributed by atoms with E-state index in [2.05, 4.69) is 61.0 Å². The number of hydrogen-bond donors (Lipinski definition) is 6. The van der Waals surface area contributed by atoms with Crippen molar-refractivity contribution in [3.05, 3.63) is 107 Å². The molecule has 2 aromatic carbocycles. The second-order valence-corrected chi connectivity index (χ2v) is 28.2. The summed E-state index contributed by atoms with van der Waals surface area (Å²) in [6.07, 6.45) is 12.6. The summed E-state index contributed by atoms with van der Waals surface area (Å²) >= 11 is 0. The second kappa shape index (κ2) is 67.8. The molecule has 131 heavy (non-hydrogen) atoms. The van der Waals surface area contributed by atoms with Gasteiger partial charge in [0.25, 0.3) is 47.3 Å². The first-order valence-corrected chi connectivity index (χ1v) is 41.6. The van der Waals surface area contributed by atoms with Gasteiger partial charge in [0.1, 0.15) is 0 Å². The number of nitrogens with zero attached hydrogens (tertiary/aromatic N) is 7. The number of carboxylic acid groups (broad SMARTS) is 1. The molecule has 0 spiro atoms. The highest BCUT2D eigenvalue weighted by atomic mass is 35.5. The topological polar surface area (TPSA) is 486 Å². The molecule has 4 heterocycles. The van der Waals surface area contributed by atoms with Crippen LogP contribution in [0.2, 0.25) is 0 Å². The number of carbonyl (C=O) groups is 16. The van der Waals surface area contributed by atoms with Gasteiger partial charge in [-0.05, 0) is 85.4 Å². The third kappa shape index (κ3) is 49.5. The van der Waals surface area contributed by atoms with Crippen molar-refractivity contribution in [2.45, 2.75) is 128 Å². The van der Waals surface area contributed by atoms with Gasteiger partial charge in [0.15, 0.2) is 40.6 Å². The number of ketones is 2. The zero-order valence-corrected chi connectivity index (χ0v) is 73.6. The standard InChI is InChI=1S/C38H46F4N4O13.C32H46N4O13.C8H17N3.C6H2F4O.ClH/c39-25-24-26(40)37(42)38(36(25)41)59-35(54)12-17-56-19-21-58-23-22-57-20-18-55-16-3-5-28(47)27(44-30(49)11-15-46-33(52)8-9-34(46)53)4-1-2-13-43-29(48)10-14-45-31(50)6-7-32(45)51;37-25(5-3-16-46-18-20-48-22-23-49-21-19-47-17-12-32(44)45)24(34-27(39)11-15-36-30(42)8-9-31(36)43)4-1-2-13-33-26(38)10-14-35-28(40)6-7-29(35)41;1-4-9-8-10-6-5-7-11(2)3;7-2-1-3(8)5(10)6(11)4(2)9;/h6-9,24,27H,1-5,10-23H2,(H,43,48)(H,44,49);6-9,24H,1-5,10-23H2,(H,33,38)(H,34,39)(H,44,45);4-7H2,1-3H3;1,11H;1H/t27-;24-;;;/m00.../s1. The van der Waals surface area contributed by atoms with Crippen LogP contribution in [0.15, 0.2) is 70.7 Å². The average molecular weight is 1900 g/mol. The number of ether oxygens (including phenoxy) is 9. The Bertz CT molecular complexity index is 4170. The van der Waals surface area contributed by atoms with Gasteiger partial charge in [-0.25, -0.2) is 27.5 Å². The van der Waals surface area contributed by atoms with Crippen LogP contribution in [-0.4, -0.2) is 326 Å². The Kier molecular flexibility index (Phi) is 59.9. The van der Waals surface area contributed by atoms with Gasteiger partial charge in [-0.2, -0.15) is 17.6 Å². The molecule has 0 aromatic heterocycles. The number of phenols is 1. The number of rotatable bonds is 64. The van der Waals surface area contributed by atoms with E-state index in [0.29, 0.717) is 97.7 Å². The van der Waals surface area contributed by atoms with Crippen LogP contribution < -0.4 is 26.0 Å². The highest BCUT2D eigenvalue weighted by molar-refractivity contribution is 6.15. The maximum absolute atomic E-state index is 13.6. The number of phenolic OH excluding ortho intramolecular Hbond substituents is 1. The number of esters is 1. The molecule has 0 bridgehead atoms. The van der Waals surface area contributed by atoms with Crippen LogP contribution in [0.1, 0.15) is 116 Å². The molecule has 47 heteroatoms. The lowest BCUT2D eigenvalue weighted by molar-refractivity contribution is -0.139. The predicted molar refractivity (Wildman–Crippen MR) is 447 cm³/mol. The molecule has 0 fully saturated rings. The van der Waals surface area contributed by atoms with Gasteiger partial charge in [0, 0.05) is 158 Å². The van der Waals surface area contributed by atoms with E-state index in [1.165, 1.54) is 0 Å². The molecule has 6 rings (SSSR count). The molecule has 0 radical (unpaired) electrons. The highest BCUT2D eigenvalue weighted by Gasteiger charge is 2.31. The summed E-state index contributed by atoms with van der Waals surface area (Å²) in [7, 11) is 4.12. The average Bonchev–Trinajstić information content (AvgIpc) is 1.82. The van der Waals surface area contributed by atoms with Gasteiger partial charge in [-0.15, -0.1) is 12.4 Å². The van der Waals surface area contributed by atoms with E-state index in [-0.39, 0.29) is 191 Å². The zero-order chi connectivity index (χ0) is 96.1. The molecule has 0 saturated carbocycles. The Balaban J connectivity index is 0.000000718. The fraction of sp³-hybridized carbons (Fsp3) is 0.560. The van der Waals surface area contributed by atoms with E-state index in [0.717, 1.165) is 94.3 Å². The molecule has 0 saturated heterocycles. The van der Waals surface area contributed by atoms with Crippen LogP contribution in [0.5, 0.6) is 11.5 Å². The fourth-order valence-corrected chi connectivity index (χ4v) is 11.1. The molecular weight excluding hydrogens is 1780 g/mol. The molecular formula is C84H112ClF8N11O27. The minimum atomic E-state index is -1.83. The molecule has 4 aliphatic rings. The van der Waals surface area contributed by atoms with E-state index in [1.807, 2.05) is 6.92 Å². The largest absolute Gasteiger partial charge is 0.503 e. The first-order valence-electron chi connectivity index (χ1n) is 41.6. The number of imide groups is 4. The number of carbonyl (C=O) groups excluding carboxylic acids is 15. The fourth-order valence-electron chi connectivity index (χ4n) is 11.1. The van der Waals surface area contributed by atoms with Gasteiger partial charge in [-0.3, -0.25) is 96.3 Å². The number of amides is 12. The van der Waals surface area contributed by atoms with Crippen molar-refractivity contribution < 1.29 is 165 Å². The predicted octanol–water partition coefficient (Wildman–Crippen LogP) is 4.14. The maximum Gasteiger partial charge on any atom is 0.313 e. The summed E-state index contributed by atoms with van der Waals surface area (Å²) < 4.78 is 149. The molecule has 2 atom stereocenters. The van der Waals surface area contributed by atoms with Crippen LogP contribution in [0, 0.1) is 46.5 Å². The van der Waals surface area contributed by atoms with Crippen molar-refractivity contribution in [3.63, 3.8) is 0 Å². The SMILES string of the molecule is CCN=C=NCCCN(C)C.Cl.O=C(CCN1C(=O)C=CC1=O)NCCCC[C@H](NC(=O)CCN1C(=O)C=CC1=O)C(=O)CCCOCCOCCOCCOCCC(=O)Oc1c(F)c(F)cc(F)c1F.O=C(O)CCOCCOCCOCCOCCCC(=O)[C@H](CCCCNC(=O)CCN1C(=O)C=CC1=O)NC(=O)CCN1C(=O)C=CC1=O.Oc1c(F)c(F)cc(F)c1F. The van der Waals surface area contributed by atoms with Gasteiger partial charge in [-0.1, -0.05) is 0 Å². The van der Waals surface area contributed by atoms with E-state index >= 15 is 0 Å². The third-order valence-corrected chi connectivity index (χ3v) is 17.9. The van der Waals surface area contributed by atoms with Crippen LogP contribution in [0.25, 0.3) is 0 Å². The number of aliphatic imine (C=N–C) groups is 2. The Morgan fingerprint density at radius 1 is 0.397 bits per heavy atom. The molecule has 0 unspecified atom stereocenters. The van der Waals surface area contributed by atoms with Crippen molar-refractivity contribution >= 4 is 113 Å². The van der Waals surface area contributed by atoms with E-state index in [1.54, 1.807) is 0 Å². The number of aliphatic carboxylic acids is 1. The molecule has 38 nitrogen and oxygen atoms in total. The first-order chi connectivity index (χ1) is 62.2. The van der Waals surface area contributed by atoms with Crippen molar-refractivity contribution in [2.24, 2.45) is 9.98 Å². The maximum atomic E-state index is 13.6. The number of aromatic hydroxyl groups is 1. The number of nitrogens with one attached hydrogen (secondary N) is 4. The van der Waals surface area contributed by atoms with Crippen molar-refractivity contribution in [3.8, 4) is 11.5 Å². The van der Waals surface area contributed by atoms with E-state index < -0.39 is 148 Å². The smallest absolute Gasteiger partial charge is 0.313 e. The molecule has 6 N–H and O–H groups in total. The number of Topliss-reactive ketones (excluding diaryl/α,β-unsaturated/α-hetero) is 2.